The van der Waals surface area contributed by atoms with E-state index in [1.54, 1.807) is 14.0 Å². The minimum Gasteiger partial charge on any atom is -0.345 e. The molecular weight excluding hydrogens is 419 g/mol. The van der Waals surface area contributed by atoms with E-state index in [1.165, 1.54) is 29.1 Å². The molecule has 0 aliphatic rings. The van der Waals surface area contributed by atoms with Crippen molar-refractivity contribution in [3.05, 3.63) is 58.5 Å². The summed E-state index contributed by atoms with van der Waals surface area (Å²) in [5, 5.41) is 7.31. The molecule has 3 aromatic rings. The molecule has 0 bridgehead atoms. The summed E-state index contributed by atoms with van der Waals surface area (Å²) in [7, 11) is 1.65. The average Bonchev–Trinajstić information content (AvgIpc) is 2.98. The Hall–Kier alpha value is -2.75. The number of amides is 1. The molecule has 5 nitrogen and oxygen atoms in total. The lowest BCUT2D eigenvalue weighted by molar-refractivity contribution is -0.290. The van der Waals surface area contributed by atoms with Crippen LogP contribution in [0.25, 0.3) is 10.9 Å². The van der Waals surface area contributed by atoms with Crippen LogP contribution >= 0.6 is 11.6 Å². The average molecular weight is 433 g/mol. The van der Waals surface area contributed by atoms with E-state index in [1.807, 2.05) is 0 Å². The van der Waals surface area contributed by atoms with Gasteiger partial charge >= 0.3 is 12.1 Å². The number of hydrogen-bond acceptors (Lipinski definition) is 3. The van der Waals surface area contributed by atoms with E-state index in [0.717, 1.165) is 6.07 Å². The molecule has 1 N–H and O–H groups in total. The van der Waals surface area contributed by atoms with Gasteiger partial charge in [-0.05, 0) is 31.2 Å². The third-order valence-electron chi connectivity index (χ3n) is 4.34. The summed E-state index contributed by atoms with van der Waals surface area (Å²) in [4.78, 5) is 15.9. The van der Waals surface area contributed by atoms with Crippen molar-refractivity contribution in [2.24, 2.45) is 7.05 Å². The van der Waals surface area contributed by atoms with Crippen molar-refractivity contribution < 1.29 is 26.7 Å². The number of halogens is 6. The molecule has 3 rings (SSSR count). The molecule has 0 radical (unpaired) electrons. The van der Waals surface area contributed by atoms with E-state index in [-0.39, 0.29) is 16.5 Å². The van der Waals surface area contributed by atoms with E-state index in [2.05, 4.69) is 15.4 Å². The zero-order valence-electron chi connectivity index (χ0n) is 15.1. The number of nitrogens with one attached hydrogen (secondary N) is 1. The number of aromatic nitrogens is 3. The highest BCUT2D eigenvalue weighted by Gasteiger charge is 2.59. The lowest BCUT2D eigenvalue weighted by Gasteiger charge is -2.19. The Morgan fingerprint density at radius 1 is 1.17 bits per heavy atom. The largest absolute Gasteiger partial charge is 0.459 e. The predicted octanol–water partition coefficient (Wildman–Crippen LogP) is 4.77. The number of carbonyl (C=O) groups excluding carboxylic acids is 1. The summed E-state index contributed by atoms with van der Waals surface area (Å²) in [5.74, 6) is -5.56. The van der Waals surface area contributed by atoms with Gasteiger partial charge in [-0.1, -0.05) is 17.7 Å². The molecule has 1 aromatic carbocycles. The Kier molecular flexibility index (Phi) is 5.24. The maximum Gasteiger partial charge on any atom is 0.459 e. The monoisotopic (exact) mass is 432 g/mol. The third kappa shape index (κ3) is 3.89. The molecule has 1 amide bonds. The first-order chi connectivity index (χ1) is 13.4. The van der Waals surface area contributed by atoms with Gasteiger partial charge in [0.2, 0.25) is 0 Å². The molecule has 0 spiro atoms. The van der Waals surface area contributed by atoms with Gasteiger partial charge in [-0.25, -0.2) is 4.98 Å². The number of alkyl halides is 5. The third-order valence-corrected chi connectivity index (χ3v) is 4.80. The van der Waals surface area contributed by atoms with Crippen LogP contribution in [0.2, 0.25) is 5.15 Å². The van der Waals surface area contributed by atoms with E-state index >= 15 is 0 Å². The lowest BCUT2D eigenvalue weighted by atomic mass is 10.1. The Labute approximate surface area is 166 Å². The lowest BCUT2D eigenvalue weighted by Crippen LogP contribution is -2.34. The Balaban J connectivity index is 1.85. The van der Waals surface area contributed by atoms with Crippen molar-refractivity contribution in [1.82, 2.24) is 20.1 Å². The highest BCUT2D eigenvalue weighted by molar-refractivity contribution is 6.30. The van der Waals surface area contributed by atoms with Crippen LogP contribution in [0.1, 0.15) is 34.6 Å². The van der Waals surface area contributed by atoms with E-state index < -0.39 is 29.7 Å². The maximum atomic E-state index is 13.5. The minimum absolute atomic E-state index is 0.0914. The summed E-state index contributed by atoms with van der Waals surface area (Å²) >= 11 is 6.09. The molecule has 29 heavy (non-hydrogen) atoms. The molecule has 11 heteroatoms. The molecule has 0 saturated carbocycles. The molecule has 2 heterocycles. The fraction of sp³-hybridized carbons (Fsp3) is 0.278. The highest BCUT2D eigenvalue weighted by Crippen LogP contribution is 2.43. The van der Waals surface area contributed by atoms with Crippen molar-refractivity contribution in [2.75, 3.05) is 0 Å². The second-order valence-electron chi connectivity index (χ2n) is 6.39. The maximum absolute atomic E-state index is 13.5. The minimum atomic E-state index is -5.75. The molecule has 1 atom stereocenters. The normalized spacial score (nSPS) is 13.5. The molecule has 154 valence electrons. The summed E-state index contributed by atoms with van der Waals surface area (Å²) < 4.78 is 65.9. The molecule has 0 aliphatic carbocycles. The van der Waals surface area contributed by atoms with Gasteiger partial charge in [0.25, 0.3) is 5.91 Å². The van der Waals surface area contributed by atoms with Gasteiger partial charge in [-0.15, -0.1) is 0 Å². The summed E-state index contributed by atoms with van der Waals surface area (Å²) in [6.45, 7) is 1.70. The first-order valence-corrected chi connectivity index (χ1v) is 8.63. The van der Waals surface area contributed by atoms with Gasteiger partial charge in [-0.2, -0.15) is 27.1 Å². The standard InChI is InChI=1S/C18H14ClF5N4O/c1-9(12-8-25-28(2)15(12)19)26-16(29)11-3-5-13-10(7-11)4-6-14(27-13)17(20,21)18(22,23)24/h3-9H,1-2H3,(H,26,29)/t9-/m0/s1. The van der Waals surface area contributed by atoms with Crippen LogP contribution in [0.4, 0.5) is 22.0 Å². The molecule has 0 saturated heterocycles. The first-order valence-electron chi connectivity index (χ1n) is 8.26. The van der Waals surface area contributed by atoms with Crippen molar-refractivity contribution in [3.8, 4) is 0 Å². The van der Waals surface area contributed by atoms with Gasteiger partial charge in [0.15, 0.2) is 0 Å². The molecule has 0 aliphatic heterocycles. The Bertz CT molecular complexity index is 1080. The molecule has 0 fully saturated rings. The Morgan fingerprint density at radius 2 is 1.86 bits per heavy atom. The number of carbonyl (C=O) groups is 1. The van der Waals surface area contributed by atoms with Gasteiger partial charge in [0.1, 0.15) is 10.8 Å². The zero-order chi connectivity index (χ0) is 21.6. The molecular formula is C18H14ClF5N4O. The quantitative estimate of drug-likeness (QED) is 0.604. The van der Waals surface area contributed by atoms with Gasteiger partial charge in [0, 0.05) is 23.6 Å². The van der Waals surface area contributed by atoms with Crippen molar-refractivity contribution in [2.45, 2.75) is 25.1 Å². The number of nitrogens with zero attached hydrogens (tertiary/aromatic N) is 3. The van der Waals surface area contributed by atoms with Crippen LogP contribution in [-0.4, -0.2) is 26.8 Å². The van der Waals surface area contributed by atoms with Gasteiger partial charge in [0.05, 0.1) is 17.8 Å². The van der Waals surface area contributed by atoms with E-state index in [0.29, 0.717) is 16.8 Å². The summed E-state index contributed by atoms with van der Waals surface area (Å²) in [6, 6.07) is 5.04. The van der Waals surface area contributed by atoms with Gasteiger partial charge < -0.3 is 5.32 Å². The fourth-order valence-electron chi connectivity index (χ4n) is 2.67. The van der Waals surface area contributed by atoms with Crippen LogP contribution in [0.5, 0.6) is 0 Å². The second-order valence-corrected chi connectivity index (χ2v) is 6.74. The predicted molar refractivity (Wildman–Crippen MR) is 95.8 cm³/mol. The van der Waals surface area contributed by atoms with E-state index in [9.17, 15) is 26.7 Å². The number of aryl methyl sites for hydroxylation is 1. The van der Waals surface area contributed by atoms with Crippen LogP contribution in [0.15, 0.2) is 36.5 Å². The summed E-state index contributed by atoms with van der Waals surface area (Å²) in [5.41, 5.74) is -0.716. The number of benzene rings is 1. The topological polar surface area (TPSA) is 59.8 Å². The van der Waals surface area contributed by atoms with E-state index in [4.69, 9.17) is 11.6 Å². The van der Waals surface area contributed by atoms with Crippen LogP contribution in [0.3, 0.4) is 0 Å². The Morgan fingerprint density at radius 3 is 2.45 bits per heavy atom. The second kappa shape index (κ2) is 7.25. The zero-order valence-corrected chi connectivity index (χ0v) is 15.8. The first kappa shape index (κ1) is 21.0. The highest BCUT2D eigenvalue weighted by atomic mass is 35.5. The number of rotatable bonds is 4. The van der Waals surface area contributed by atoms with Gasteiger partial charge in [-0.3, -0.25) is 9.48 Å². The fourth-order valence-corrected chi connectivity index (χ4v) is 2.93. The molecule has 2 aromatic heterocycles. The SMILES string of the molecule is C[C@H](NC(=O)c1ccc2nc(C(F)(F)C(F)(F)F)ccc2c1)c1cnn(C)c1Cl. The summed E-state index contributed by atoms with van der Waals surface area (Å²) in [6.07, 6.45) is -4.24. The van der Waals surface area contributed by atoms with Crippen molar-refractivity contribution in [1.29, 1.82) is 0 Å². The smallest absolute Gasteiger partial charge is 0.345 e. The van der Waals surface area contributed by atoms with Crippen LogP contribution in [-0.2, 0) is 13.0 Å². The number of hydrogen-bond donors (Lipinski definition) is 1. The number of fused-ring (bicyclic) bond motifs is 1. The van der Waals surface area contributed by atoms with Crippen LogP contribution in [0, 0.1) is 0 Å². The number of pyridine rings is 1. The molecule has 0 unspecified atom stereocenters. The van der Waals surface area contributed by atoms with Crippen molar-refractivity contribution >= 4 is 28.4 Å². The van der Waals surface area contributed by atoms with Crippen LogP contribution < -0.4 is 5.32 Å². The van der Waals surface area contributed by atoms with Crippen molar-refractivity contribution in [3.63, 3.8) is 0 Å².